The standard InChI is InChI=1S/C21H24ClFN4O3.ClH/c1-14-11-26(12-15-2-5-17(23)6-3-15)8-9-27(14)20(28)13-30-19-7-4-16(22)10-18(19)25-21(24)29;/h2-7,10,14H,8-9,11-13H2,1H3,(H3,24,25,29);1H/t14-;/m1./s1. The Kier molecular flexibility index (Phi) is 8.91. The van der Waals surface area contributed by atoms with Gasteiger partial charge in [0.2, 0.25) is 0 Å². The van der Waals surface area contributed by atoms with Crippen molar-refractivity contribution in [2.24, 2.45) is 5.73 Å². The molecule has 1 fully saturated rings. The van der Waals surface area contributed by atoms with E-state index in [0.717, 1.165) is 5.56 Å². The van der Waals surface area contributed by atoms with Crippen LogP contribution < -0.4 is 15.8 Å². The van der Waals surface area contributed by atoms with E-state index >= 15 is 0 Å². The number of benzene rings is 2. The topological polar surface area (TPSA) is 87.9 Å². The molecule has 2 aromatic rings. The smallest absolute Gasteiger partial charge is 0.316 e. The van der Waals surface area contributed by atoms with Crippen LogP contribution in [0.5, 0.6) is 5.75 Å². The van der Waals surface area contributed by atoms with Crippen LogP contribution in [0.4, 0.5) is 14.9 Å². The van der Waals surface area contributed by atoms with E-state index in [1.807, 2.05) is 6.92 Å². The fraction of sp³-hybridized carbons (Fsp3) is 0.333. The summed E-state index contributed by atoms with van der Waals surface area (Å²) in [6, 6.07) is 10.4. The van der Waals surface area contributed by atoms with Crippen LogP contribution in [-0.2, 0) is 11.3 Å². The number of ether oxygens (including phenoxy) is 1. The molecule has 0 aliphatic carbocycles. The molecular formula is C21H25Cl2FN4O3. The van der Waals surface area contributed by atoms with Gasteiger partial charge in [-0.25, -0.2) is 9.18 Å². The first kappa shape index (κ1) is 24.7. The summed E-state index contributed by atoms with van der Waals surface area (Å²) in [5, 5.41) is 2.84. The molecule has 10 heteroatoms. The number of halogens is 3. The van der Waals surface area contributed by atoms with Gasteiger partial charge in [-0.05, 0) is 42.8 Å². The summed E-state index contributed by atoms with van der Waals surface area (Å²) in [6.07, 6.45) is 0. The number of hydrogen-bond donors (Lipinski definition) is 2. The van der Waals surface area contributed by atoms with Crippen LogP contribution in [0.2, 0.25) is 5.02 Å². The summed E-state index contributed by atoms with van der Waals surface area (Å²) in [5.74, 6) is -0.0875. The molecule has 0 spiro atoms. The Bertz CT molecular complexity index is 914. The van der Waals surface area contributed by atoms with Crippen LogP contribution in [-0.4, -0.2) is 54.0 Å². The lowest BCUT2D eigenvalue weighted by Crippen LogP contribution is -2.54. The lowest BCUT2D eigenvalue weighted by molar-refractivity contribution is -0.137. The summed E-state index contributed by atoms with van der Waals surface area (Å²) in [4.78, 5) is 27.8. The molecule has 0 radical (unpaired) electrons. The maximum Gasteiger partial charge on any atom is 0.316 e. The van der Waals surface area contributed by atoms with E-state index in [0.29, 0.717) is 42.6 Å². The van der Waals surface area contributed by atoms with Crippen LogP contribution in [0, 0.1) is 5.82 Å². The SMILES string of the molecule is C[C@@H]1CN(Cc2ccc(F)cc2)CCN1C(=O)COc1ccc(Cl)cc1NC(N)=O.Cl. The molecule has 0 unspecified atom stereocenters. The number of carbonyl (C=O) groups excluding carboxylic acids is 2. The normalized spacial score (nSPS) is 16.4. The molecule has 0 saturated carbocycles. The Morgan fingerprint density at radius 2 is 1.94 bits per heavy atom. The minimum absolute atomic E-state index is 0. The molecule has 1 aliphatic heterocycles. The lowest BCUT2D eigenvalue weighted by atomic mass is 10.1. The van der Waals surface area contributed by atoms with Crippen LogP contribution >= 0.6 is 24.0 Å². The van der Waals surface area contributed by atoms with Gasteiger partial charge in [-0.15, -0.1) is 12.4 Å². The third kappa shape index (κ3) is 6.99. The number of urea groups is 1. The van der Waals surface area contributed by atoms with Crippen molar-refractivity contribution >= 4 is 41.6 Å². The Hall–Kier alpha value is -2.55. The predicted octanol–water partition coefficient (Wildman–Crippen LogP) is 3.50. The number of piperazine rings is 1. The third-order valence-electron chi connectivity index (χ3n) is 4.90. The van der Waals surface area contributed by atoms with Gasteiger partial charge in [-0.1, -0.05) is 23.7 Å². The summed E-state index contributed by atoms with van der Waals surface area (Å²) in [7, 11) is 0. The van der Waals surface area contributed by atoms with Gasteiger partial charge < -0.3 is 20.7 Å². The molecule has 3 N–H and O–H groups in total. The molecule has 1 heterocycles. The summed E-state index contributed by atoms with van der Waals surface area (Å²) >= 11 is 5.94. The number of nitrogens with one attached hydrogen (secondary N) is 1. The van der Waals surface area contributed by atoms with Crippen LogP contribution in [0.25, 0.3) is 0 Å². The molecule has 1 atom stereocenters. The largest absolute Gasteiger partial charge is 0.482 e. The van der Waals surface area contributed by atoms with Gasteiger partial charge in [0.25, 0.3) is 5.91 Å². The van der Waals surface area contributed by atoms with E-state index in [-0.39, 0.29) is 36.8 Å². The van der Waals surface area contributed by atoms with E-state index in [9.17, 15) is 14.0 Å². The molecule has 3 rings (SSSR count). The number of amides is 3. The van der Waals surface area contributed by atoms with Crippen molar-refractivity contribution in [2.45, 2.75) is 19.5 Å². The number of anilines is 1. The summed E-state index contributed by atoms with van der Waals surface area (Å²) in [5.41, 5.74) is 6.50. The molecule has 3 amide bonds. The van der Waals surface area contributed by atoms with Gasteiger partial charge in [0.1, 0.15) is 11.6 Å². The fourth-order valence-electron chi connectivity index (χ4n) is 3.48. The van der Waals surface area contributed by atoms with Crippen molar-refractivity contribution in [3.63, 3.8) is 0 Å². The Labute approximate surface area is 191 Å². The Morgan fingerprint density at radius 1 is 1.23 bits per heavy atom. The number of primary amides is 1. The van der Waals surface area contributed by atoms with E-state index in [2.05, 4.69) is 10.2 Å². The van der Waals surface area contributed by atoms with Crippen molar-refractivity contribution in [1.29, 1.82) is 0 Å². The first-order chi connectivity index (χ1) is 14.3. The summed E-state index contributed by atoms with van der Waals surface area (Å²) < 4.78 is 18.7. The lowest BCUT2D eigenvalue weighted by Gasteiger charge is -2.39. The van der Waals surface area contributed by atoms with Gasteiger partial charge >= 0.3 is 6.03 Å². The van der Waals surface area contributed by atoms with Gasteiger partial charge in [-0.2, -0.15) is 0 Å². The molecule has 7 nitrogen and oxygen atoms in total. The quantitative estimate of drug-likeness (QED) is 0.675. The second-order valence-corrected chi connectivity index (χ2v) is 7.65. The first-order valence-corrected chi connectivity index (χ1v) is 9.94. The highest BCUT2D eigenvalue weighted by atomic mass is 35.5. The number of nitrogens with zero attached hydrogens (tertiary/aromatic N) is 2. The molecule has 31 heavy (non-hydrogen) atoms. The maximum atomic E-state index is 13.1. The van der Waals surface area contributed by atoms with E-state index < -0.39 is 6.03 Å². The van der Waals surface area contributed by atoms with Crippen molar-refractivity contribution in [1.82, 2.24) is 9.80 Å². The van der Waals surface area contributed by atoms with Gasteiger partial charge in [0.05, 0.1) is 5.69 Å². The number of carbonyl (C=O) groups is 2. The number of hydrogen-bond acceptors (Lipinski definition) is 4. The summed E-state index contributed by atoms with van der Waals surface area (Å²) in [6.45, 7) is 4.50. The van der Waals surface area contributed by atoms with Gasteiger partial charge in [-0.3, -0.25) is 9.69 Å². The van der Waals surface area contributed by atoms with E-state index in [4.69, 9.17) is 22.1 Å². The third-order valence-corrected chi connectivity index (χ3v) is 5.14. The Balaban J connectivity index is 0.00000341. The van der Waals surface area contributed by atoms with Crippen molar-refractivity contribution in [2.75, 3.05) is 31.6 Å². The number of nitrogens with two attached hydrogens (primary N) is 1. The predicted molar refractivity (Wildman–Crippen MR) is 120 cm³/mol. The minimum Gasteiger partial charge on any atom is -0.482 e. The van der Waals surface area contributed by atoms with Crippen LogP contribution in [0.3, 0.4) is 0 Å². The zero-order valence-electron chi connectivity index (χ0n) is 17.0. The van der Waals surface area contributed by atoms with Crippen molar-refractivity contribution in [3.05, 3.63) is 58.9 Å². The highest BCUT2D eigenvalue weighted by Crippen LogP contribution is 2.28. The van der Waals surface area contributed by atoms with Crippen LogP contribution in [0.1, 0.15) is 12.5 Å². The molecule has 168 valence electrons. The van der Waals surface area contributed by atoms with Gasteiger partial charge in [0, 0.05) is 37.2 Å². The van der Waals surface area contributed by atoms with Gasteiger partial charge in [0.15, 0.2) is 6.61 Å². The maximum absolute atomic E-state index is 13.1. The van der Waals surface area contributed by atoms with E-state index in [1.54, 1.807) is 29.2 Å². The monoisotopic (exact) mass is 470 g/mol. The molecule has 0 bridgehead atoms. The Morgan fingerprint density at radius 3 is 2.58 bits per heavy atom. The zero-order chi connectivity index (χ0) is 21.7. The average molecular weight is 471 g/mol. The molecule has 1 aliphatic rings. The molecule has 2 aromatic carbocycles. The van der Waals surface area contributed by atoms with Crippen molar-refractivity contribution < 1.29 is 18.7 Å². The average Bonchev–Trinajstić information content (AvgIpc) is 2.68. The second kappa shape index (κ2) is 11.2. The van der Waals surface area contributed by atoms with Crippen molar-refractivity contribution in [3.8, 4) is 5.75 Å². The molecule has 0 aromatic heterocycles. The highest BCUT2D eigenvalue weighted by molar-refractivity contribution is 6.31. The molecular weight excluding hydrogens is 446 g/mol. The minimum atomic E-state index is -0.751. The van der Waals surface area contributed by atoms with Crippen LogP contribution in [0.15, 0.2) is 42.5 Å². The first-order valence-electron chi connectivity index (χ1n) is 9.57. The molecule has 1 saturated heterocycles. The number of rotatable bonds is 6. The van der Waals surface area contributed by atoms with E-state index in [1.165, 1.54) is 18.2 Å². The fourth-order valence-corrected chi connectivity index (χ4v) is 3.65. The zero-order valence-corrected chi connectivity index (χ0v) is 18.6. The second-order valence-electron chi connectivity index (χ2n) is 7.22. The highest BCUT2D eigenvalue weighted by Gasteiger charge is 2.27.